The van der Waals surface area contributed by atoms with Crippen molar-refractivity contribution >= 4 is 50.1 Å². The van der Waals surface area contributed by atoms with Crippen LogP contribution in [0.3, 0.4) is 0 Å². The fourth-order valence-electron chi connectivity index (χ4n) is 1.87. The first-order valence-corrected chi connectivity index (χ1v) is 7.58. The first-order valence-electron chi connectivity index (χ1n) is 5.71. The number of amides is 1. The van der Waals surface area contributed by atoms with Crippen LogP contribution in [0, 0.1) is 3.57 Å². The third-order valence-corrected chi connectivity index (χ3v) is 5.19. The Labute approximate surface area is 128 Å². The van der Waals surface area contributed by atoms with Crippen LogP contribution in [0.25, 0.3) is 0 Å². The van der Waals surface area contributed by atoms with Crippen LogP contribution in [-0.4, -0.2) is 24.7 Å². The summed E-state index contributed by atoms with van der Waals surface area (Å²) in [4.78, 5) is 12.0. The summed E-state index contributed by atoms with van der Waals surface area (Å²) in [6.07, 6.45) is 1.23. The topological polar surface area (TPSA) is 64.4 Å². The summed E-state index contributed by atoms with van der Waals surface area (Å²) in [5.74, 6) is -0.0981. The number of anilines is 1. The molecule has 1 saturated heterocycles. The fourth-order valence-corrected chi connectivity index (χ4v) is 2.58. The predicted octanol–water partition coefficient (Wildman–Crippen LogP) is 2.50. The van der Waals surface area contributed by atoms with Crippen molar-refractivity contribution in [2.75, 3.05) is 11.9 Å². The van der Waals surface area contributed by atoms with Gasteiger partial charge in [0.2, 0.25) is 0 Å². The van der Waals surface area contributed by atoms with Crippen molar-refractivity contribution in [3.63, 3.8) is 0 Å². The van der Waals surface area contributed by atoms with Crippen molar-refractivity contribution in [3.05, 3.63) is 26.2 Å². The highest BCUT2D eigenvalue weighted by Gasteiger charge is 2.29. The third-order valence-electron chi connectivity index (χ3n) is 2.85. The Hall–Kier alpha value is -0.180. The molecular weight excluding hydrogens is 411 g/mol. The van der Waals surface area contributed by atoms with Crippen molar-refractivity contribution < 1.29 is 9.53 Å². The summed E-state index contributed by atoms with van der Waals surface area (Å²) >= 11 is 5.66. The van der Waals surface area contributed by atoms with Crippen LogP contribution in [0.15, 0.2) is 22.7 Å². The van der Waals surface area contributed by atoms with Crippen LogP contribution >= 0.6 is 38.5 Å². The van der Waals surface area contributed by atoms with Gasteiger partial charge in [-0.15, -0.1) is 0 Å². The Morgan fingerprint density at radius 1 is 1.56 bits per heavy atom. The van der Waals surface area contributed by atoms with E-state index in [1.54, 1.807) is 0 Å². The van der Waals surface area contributed by atoms with Gasteiger partial charge in [0.25, 0.3) is 5.91 Å². The molecule has 0 aliphatic carbocycles. The van der Waals surface area contributed by atoms with E-state index in [1.807, 2.05) is 18.2 Å². The van der Waals surface area contributed by atoms with Gasteiger partial charge in [0, 0.05) is 20.3 Å². The maximum atomic E-state index is 12.0. The molecule has 6 heteroatoms. The van der Waals surface area contributed by atoms with Gasteiger partial charge in [0.05, 0.1) is 6.10 Å². The Balaban J connectivity index is 1.97. The van der Waals surface area contributed by atoms with Crippen molar-refractivity contribution in [1.29, 1.82) is 0 Å². The number of benzene rings is 1. The minimum atomic E-state index is -0.378. The number of halogens is 2. The summed E-state index contributed by atoms with van der Waals surface area (Å²) in [6, 6.07) is 5.70. The lowest BCUT2D eigenvalue weighted by molar-refractivity contribution is -0.126. The largest absolute Gasteiger partial charge is 0.364 e. The second-order valence-electron chi connectivity index (χ2n) is 4.18. The molecule has 0 spiro atoms. The molecule has 2 rings (SSSR count). The normalized spacial score (nSPS) is 23.1. The molecule has 1 aliphatic rings. The average molecular weight is 425 g/mol. The van der Waals surface area contributed by atoms with Crippen molar-refractivity contribution in [1.82, 2.24) is 0 Å². The molecule has 0 radical (unpaired) electrons. The van der Waals surface area contributed by atoms with Gasteiger partial charge in [0.15, 0.2) is 0 Å². The predicted molar refractivity (Wildman–Crippen MR) is 82.4 cm³/mol. The van der Waals surface area contributed by atoms with E-state index in [0.717, 1.165) is 26.6 Å². The van der Waals surface area contributed by atoms with E-state index in [0.29, 0.717) is 6.54 Å². The van der Waals surface area contributed by atoms with Crippen molar-refractivity contribution in [2.24, 2.45) is 5.73 Å². The minimum absolute atomic E-state index is 0.0178. The molecular formula is C12H14BrIN2O2. The van der Waals surface area contributed by atoms with Crippen molar-refractivity contribution in [2.45, 2.75) is 25.0 Å². The van der Waals surface area contributed by atoms with Crippen LogP contribution in [0.1, 0.15) is 12.8 Å². The summed E-state index contributed by atoms with van der Waals surface area (Å²) in [7, 11) is 0. The molecule has 0 aromatic heterocycles. The SMILES string of the molecule is NCC1CCC(C(=O)Nc2ccc(I)c(Br)c2)O1. The highest BCUT2D eigenvalue weighted by molar-refractivity contribution is 14.1. The lowest BCUT2D eigenvalue weighted by Crippen LogP contribution is -2.29. The standard InChI is InChI=1S/C12H14BrIN2O2/c13-9-5-7(1-3-10(9)14)16-12(17)11-4-2-8(6-15)18-11/h1,3,5,8,11H,2,4,6,15H2,(H,16,17). The second-order valence-corrected chi connectivity index (χ2v) is 6.19. The van der Waals surface area contributed by atoms with E-state index >= 15 is 0 Å². The lowest BCUT2D eigenvalue weighted by atomic mass is 10.2. The van der Waals surface area contributed by atoms with Gasteiger partial charge in [-0.3, -0.25) is 4.79 Å². The molecule has 98 valence electrons. The molecule has 1 aliphatic heterocycles. The highest BCUT2D eigenvalue weighted by atomic mass is 127. The number of nitrogens with two attached hydrogens (primary N) is 1. The van der Waals surface area contributed by atoms with Gasteiger partial charge in [-0.1, -0.05) is 0 Å². The van der Waals surface area contributed by atoms with Crippen LogP contribution < -0.4 is 11.1 Å². The molecule has 4 nitrogen and oxygen atoms in total. The Morgan fingerprint density at radius 2 is 2.33 bits per heavy atom. The van der Waals surface area contributed by atoms with E-state index in [4.69, 9.17) is 10.5 Å². The van der Waals surface area contributed by atoms with Gasteiger partial charge < -0.3 is 15.8 Å². The number of carbonyl (C=O) groups excluding carboxylic acids is 1. The summed E-state index contributed by atoms with van der Waals surface area (Å²) in [5.41, 5.74) is 6.29. The quantitative estimate of drug-likeness (QED) is 0.732. The first-order chi connectivity index (χ1) is 8.60. The van der Waals surface area contributed by atoms with Gasteiger partial charge in [-0.2, -0.15) is 0 Å². The fraction of sp³-hybridized carbons (Fsp3) is 0.417. The molecule has 0 saturated carbocycles. The van der Waals surface area contributed by atoms with Crippen LogP contribution in [-0.2, 0) is 9.53 Å². The molecule has 2 unspecified atom stereocenters. The Kier molecular flexibility index (Phi) is 4.99. The smallest absolute Gasteiger partial charge is 0.253 e. The Bertz CT molecular complexity index is 456. The molecule has 1 fully saturated rings. The summed E-state index contributed by atoms with van der Waals surface area (Å²) in [6.45, 7) is 0.471. The maximum Gasteiger partial charge on any atom is 0.253 e. The number of nitrogens with one attached hydrogen (secondary N) is 1. The van der Waals surface area contributed by atoms with Gasteiger partial charge >= 0.3 is 0 Å². The van der Waals surface area contributed by atoms with E-state index in [2.05, 4.69) is 43.8 Å². The number of hydrogen-bond donors (Lipinski definition) is 2. The molecule has 2 atom stereocenters. The molecule has 1 aromatic carbocycles. The van der Waals surface area contributed by atoms with Gasteiger partial charge in [0.1, 0.15) is 6.10 Å². The summed E-state index contributed by atoms with van der Waals surface area (Å²) < 4.78 is 7.62. The molecule has 1 aromatic rings. The zero-order valence-corrected chi connectivity index (χ0v) is 13.4. The number of hydrogen-bond acceptors (Lipinski definition) is 3. The second kappa shape index (κ2) is 6.31. The average Bonchev–Trinajstić information content (AvgIpc) is 2.82. The van der Waals surface area contributed by atoms with Crippen LogP contribution in [0.4, 0.5) is 5.69 Å². The van der Waals surface area contributed by atoms with Crippen LogP contribution in [0.5, 0.6) is 0 Å². The van der Waals surface area contributed by atoms with Gasteiger partial charge in [-0.25, -0.2) is 0 Å². The third kappa shape index (κ3) is 3.43. The maximum absolute atomic E-state index is 12.0. The van der Waals surface area contributed by atoms with Crippen LogP contribution in [0.2, 0.25) is 0 Å². The van der Waals surface area contributed by atoms with E-state index in [-0.39, 0.29) is 18.1 Å². The molecule has 1 heterocycles. The van der Waals surface area contributed by atoms with E-state index in [1.165, 1.54) is 0 Å². The Morgan fingerprint density at radius 3 is 2.94 bits per heavy atom. The van der Waals surface area contributed by atoms with E-state index < -0.39 is 0 Å². The molecule has 3 N–H and O–H groups in total. The molecule has 1 amide bonds. The number of carbonyl (C=O) groups is 1. The zero-order valence-electron chi connectivity index (χ0n) is 9.66. The summed E-state index contributed by atoms with van der Waals surface area (Å²) in [5, 5.41) is 2.86. The molecule has 18 heavy (non-hydrogen) atoms. The zero-order chi connectivity index (χ0) is 13.1. The first kappa shape index (κ1) is 14.2. The van der Waals surface area contributed by atoms with Crippen molar-refractivity contribution in [3.8, 4) is 0 Å². The monoisotopic (exact) mass is 424 g/mol. The van der Waals surface area contributed by atoms with E-state index in [9.17, 15) is 4.79 Å². The number of ether oxygens (including phenoxy) is 1. The number of rotatable bonds is 3. The minimum Gasteiger partial charge on any atom is -0.364 e. The highest BCUT2D eigenvalue weighted by Crippen LogP contribution is 2.24. The molecule has 0 bridgehead atoms. The van der Waals surface area contributed by atoms with Gasteiger partial charge in [-0.05, 0) is 69.6 Å². The lowest BCUT2D eigenvalue weighted by Gasteiger charge is -2.13.